The van der Waals surface area contributed by atoms with Crippen LogP contribution in [0.25, 0.3) is 0 Å². The summed E-state index contributed by atoms with van der Waals surface area (Å²) < 4.78 is 18.0. The Balaban J connectivity index is 1.63. The van der Waals surface area contributed by atoms with Crippen LogP contribution in [0.5, 0.6) is 0 Å². The molecule has 2 aromatic carbocycles. The van der Waals surface area contributed by atoms with Crippen LogP contribution in [0, 0.1) is 5.82 Å². The first kappa shape index (κ1) is 17.2. The summed E-state index contributed by atoms with van der Waals surface area (Å²) in [6.07, 6.45) is 0.462. The molecule has 1 aromatic heterocycles. The summed E-state index contributed by atoms with van der Waals surface area (Å²) >= 11 is 5.86. The highest BCUT2D eigenvalue weighted by molar-refractivity contribution is 6.30. The number of benzene rings is 2. The van der Waals surface area contributed by atoms with Gasteiger partial charge in [-0.1, -0.05) is 41.0 Å². The van der Waals surface area contributed by atoms with Crippen LogP contribution in [-0.4, -0.2) is 11.1 Å². The van der Waals surface area contributed by atoms with Crippen molar-refractivity contribution in [1.82, 2.24) is 10.5 Å². The maximum atomic E-state index is 12.9. The molecule has 0 aliphatic heterocycles. The summed E-state index contributed by atoms with van der Waals surface area (Å²) in [5, 5.41) is 7.39. The minimum absolute atomic E-state index is 0.137. The minimum atomic E-state index is -0.347. The topological polar surface area (TPSA) is 55.1 Å². The van der Waals surface area contributed by atoms with Gasteiger partial charge in [-0.2, -0.15) is 0 Å². The van der Waals surface area contributed by atoms with E-state index in [0.717, 1.165) is 11.1 Å². The lowest BCUT2D eigenvalue weighted by molar-refractivity contribution is 0.0902. The molecule has 0 spiro atoms. The number of rotatable bonds is 5. The number of nitrogens with zero attached hydrogens (tertiary/aromatic N) is 1. The molecule has 3 rings (SSSR count). The molecule has 4 nitrogen and oxygen atoms in total. The highest BCUT2D eigenvalue weighted by atomic mass is 35.5. The number of aromatic nitrogens is 1. The molecule has 0 saturated heterocycles. The molecule has 0 aliphatic rings. The highest BCUT2D eigenvalue weighted by Gasteiger charge is 2.16. The van der Waals surface area contributed by atoms with E-state index in [1.54, 1.807) is 30.3 Å². The first-order chi connectivity index (χ1) is 12.0. The summed E-state index contributed by atoms with van der Waals surface area (Å²) in [6, 6.07) is 14.8. The Hall–Kier alpha value is -2.66. The second-order valence-electron chi connectivity index (χ2n) is 5.73. The second kappa shape index (κ2) is 7.49. The molecule has 0 saturated carbocycles. The minimum Gasteiger partial charge on any atom is -0.351 e. The summed E-state index contributed by atoms with van der Waals surface area (Å²) in [7, 11) is 0. The normalized spacial score (nSPS) is 12.0. The third kappa shape index (κ3) is 4.45. The zero-order valence-electron chi connectivity index (χ0n) is 13.5. The summed E-state index contributed by atoms with van der Waals surface area (Å²) in [5.41, 5.74) is 2.43. The van der Waals surface area contributed by atoms with Crippen LogP contribution >= 0.6 is 11.6 Å². The van der Waals surface area contributed by atoms with Crippen molar-refractivity contribution in [3.63, 3.8) is 0 Å². The Morgan fingerprint density at radius 1 is 1.20 bits per heavy atom. The molecule has 3 aromatic rings. The number of halogens is 2. The predicted molar refractivity (Wildman–Crippen MR) is 93.0 cm³/mol. The van der Waals surface area contributed by atoms with Gasteiger partial charge < -0.3 is 9.84 Å². The molecule has 25 heavy (non-hydrogen) atoms. The van der Waals surface area contributed by atoms with Crippen LogP contribution < -0.4 is 5.32 Å². The van der Waals surface area contributed by atoms with Crippen molar-refractivity contribution < 1.29 is 13.7 Å². The SMILES string of the molecule is C[C@@H](NC(=O)c1cc(Cc2ccc(F)cc2)no1)c1ccc(Cl)cc1. The van der Waals surface area contributed by atoms with Crippen LogP contribution in [0.15, 0.2) is 59.1 Å². The fourth-order valence-electron chi connectivity index (χ4n) is 2.42. The second-order valence-corrected chi connectivity index (χ2v) is 6.17. The Morgan fingerprint density at radius 2 is 1.88 bits per heavy atom. The molecule has 128 valence electrons. The van der Waals surface area contributed by atoms with Crippen molar-refractivity contribution in [3.05, 3.63) is 88.0 Å². The standard InChI is InChI=1S/C19H16ClFN2O2/c1-12(14-4-6-15(20)7-5-14)22-19(24)18-11-17(23-25-18)10-13-2-8-16(21)9-3-13/h2-9,11-12H,10H2,1H3,(H,22,24)/t12-/m1/s1. The molecular weight excluding hydrogens is 343 g/mol. The van der Waals surface area contributed by atoms with E-state index in [-0.39, 0.29) is 23.5 Å². The van der Waals surface area contributed by atoms with Gasteiger partial charge >= 0.3 is 0 Å². The van der Waals surface area contributed by atoms with E-state index >= 15 is 0 Å². The number of hydrogen-bond acceptors (Lipinski definition) is 3. The molecule has 6 heteroatoms. The van der Waals surface area contributed by atoms with E-state index in [4.69, 9.17) is 16.1 Å². The monoisotopic (exact) mass is 358 g/mol. The van der Waals surface area contributed by atoms with Gasteiger partial charge in [-0.05, 0) is 42.3 Å². The van der Waals surface area contributed by atoms with Crippen LogP contribution in [0.4, 0.5) is 4.39 Å². The molecule has 0 radical (unpaired) electrons. The van der Waals surface area contributed by atoms with E-state index in [2.05, 4.69) is 10.5 Å². The average molecular weight is 359 g/mol. The summed E-state index contributed by atoms with van der Waals surface area (Å²) in [4.78, 5) is 12.3. The average Bonchev–Trinajstić information content (AvgIpc) is 3.06. The van der Waals surface area contributed by atoms with Crippen molar-refractivity contribution in [3.8, 4) is 0 Å². The van der Waals surface area contributed by atoms with Crippen molar-refractivity contribution in [1.29, 1.82) is 0 Å². The third-order valence-electron chi connectivity index (χ3n) is 3.80. The maximum Gasteiger partial charge on any atom is 0.290 e. The molecule has 0 unspecified atom stereocenters. The van der Waals surface area contributed by atoms with Crippen LogP contribution in [-0.2, 0) is 6.42 Å². The number of carbonyl (C=O) groups excluding carboxylic acids is 1. The Morgan fingerprint density at radius 3 is 2.56 bits per heavy atom. The fourth-order valence-corrected chi connectivity index (χ4v) is 2.54. The number of amides is 1. The maximum absolute atomic E-state index is 12.9. The van der Waals surface area contributed by atoms with Crippen molar-refractivity contribution in [2.45, 2.75) is 19.4 Å². The van der Waals surface area contributed by atoms with Gasteiger partial charge in [0.25, 0.3) is 5.91 Å². The lowest BCUT2D eigenvalue weighted by Gasteiger charge is -2.13. The number of carbonyl (C=O) groups is 1. The Kier molecular flexibility index (Phi) is 5.14. The highest BCUT2D eigenvalue weighted by Crippen LogP contribution is 2.17. The summed E-state index contributed by atoms with van der Waals surface area (Å²) in [5.74, 6) is -0.501. The van der Waals surface area contributed by atoms with Gasteiger partial charge in [0, 0.05) is 17.5 Å². The number of nitrogens with one attached hydrogen (secondary N) is 1. The van der Waals surface area contributed by atoms with E-state index in [1.807, 2.05) is 19.1 Å². The van der Waals surface area contributed by atoms with Gasteiger partial charge in [0.15, 0.2) is 0 Å². The largest absolute Gasteiger partial charge is 0.351 e. The van der Waals surface area contributed by atoms with Gasteiger partial charge in [-0.3, -0.25) is 4.79 Å². The molecular formula is C19H16ClFN2O2. The Bertz CT molecular complexity index is 860. The zero-order chi connectivity index (χ0) is 17.8. The molecule has 1 atom stereocenters. The molecule has 1 N–H and O–H groups in total. The third-order valence-corrected chi connectivity index (χ3v) is 4.05. The van der Waals surface area contributed by atoms with Gasteiger partial charge in [-0.25, -0.2) is 4.39 Å². The Labute approximate surface area is 149 Å². The van der Waals surface area contributed by atoms with Gasteiger partial charge in [0.05, 0.1) is 11.7 Å². The molecule has 0 bridgehead atoms. The molecule has 0 aliphatic carbocycles. The first-order valence-electron chi connectivity index (χ1n) is 7.77. The summed E-state index contributed by atoms with van der Waals surface area (Å²) in [6.45, 7) is 1.87. The van der Waals surface area contributed by atoms with E-state index in [0.29, 0.717) is 17.1 Å². The van der Waals surface area contributed by atoms with Crippen LogP contribution in [0.3, 0.4) is 0 Å². The van der Waals surface area contributed by atoms with Crippen LogP contribution in [0.1, 0.15) is 40.3 Å². The molecule has 0 fully saturated rings. The van der Waals surface area contributed by atoms with Crippen molar-refractivity contribution >= 4 is 17.5 Å². The van der Waals surface area contributed by atoms with E-state index in [1.165, 1.54) is 12.1 Å². The predicted octanol–water partition coefficient (Wildman–Crippen LogP) is 4.55. The molecule has 1 heterocycles. The quantitative estimate of drug-likeness (QED) is 0.728. The lowest BCUT2D eigenvalue weighted by Crippen LogP contribution is -2.26. The van der Waals surface area contributed by atoms with Crippen LogP contribution in [0.2, 0.25) is 5.02 Å². The van der Waals surface area contributed by atoms with Crippen molar-refractivity contribution in [2.24, 2.45) is 0 Å². The first-order valence-corrected chi connectivity index (χ1v) is 8.15. The van der Waals surface area contributed by atoms with Gasteiger partial charge in [-0.15, -0.1) is 0 Å². The fraction of sp³-hybridized carbons (Fsp3) is 0.158. The molecule has 1 amide bonds. The van der Waals surface area contributed by atoms with E-state index in [9.17, 15) is 9.18 Å². The van der Waals surface area contributed by atoms with Gasteiger partial charge in [0.2, 0.25) is 5.76 Å². The van der Waals surface area contributed by atoms with E-state index < -0.39 is 0 Å². The smallest absolute Gasteiger partial charge is 0.290 e. The number of hydrogen-bond donors (Lipinski definition) is 1. The zero-order valence-corrected chi connectivity index (χ0v) is 14.3. The van der Waals surface area contributed by atoms with Gasteiger partial charge in [0.1, 0.15) is 5.82 Å². The van der Waals surface area contributed by atoms with Crippen molar-refractivity contribution in [2.75, 3.05) is 0 Å². The lowest BCUT2D eigenvalue weighted by atomic mass is 10.1.